The summed E-state index contributed by atoms with van der Waals surface area (Å²) in [7, 11) is -1.02. The number of aryl methyl sites for hydroxylation is 2. The van der Waals surface area contributed by atoms with Gasteiger partial charge in [0, 0.05) is 85.3 Å². The summed E-state index contributed by atoms with van der Waals surface area (Å²) in [5, 5.41) is 13.4. The number of unbranched alkanes of at least 4 members (excludes halogenated alkanes) is 1. The van der Waals surface area contributed by atoms with Crippen LogP contribution in [0.4, 0.5) is 17.2 Å². The van der Waals surface area contributed by atoms with Gasteiger partial charge in [-0.3, -0.25) is 9.97 Å². The average molecular weight is 1110 g/mol. The van der Waals surface area contributed by atoms with Crippen LogP contribution in [0.25, 0.3) is 44.3 Å². The van der Waals surface area contributed by atoms with E-state index in [4.69, 9.17) is 45.6 Å². The second-order valence-electron chi connectivity index (χ2n) is 15.1. The molecule has 8 rings (SSSR count). The maximum absolute atomic E-state index is 13.1. The molecule has 20 heteroatoms. The van der Waals surface area contributed by atoms with Gasteiger partial charge in [-0.1, -0.05) is 44.5 Å². The summed E-state index contributed by atoms with van der Waals surface area (Å²) >= 11 is 23.4. The molecule has 0 spiro atoms. The highest BCUT2D eigenvalue weighted by Gasteiger charge is 2.21. The largest absolute Gasteiger partial charge is 0.398 e. The number of nitrogens with zero attached hydrogens (tertiary/aromatic N) is 8. The molecule has 4 N–H and O–H groups in total. The summed E-state index contributed by atoms with van der Waals surface area (Å²) in [5.74, 6) is 0.513. The van der Waals surface area contributed by atoms with Crippen molar-refractivity contribution >= 4 is 131 Å². The van der Waals surface area contributed by atoms with Crippen molar-refractivity contribution in [3.05, 3.63) is 123 Å². The maximum atomic E-state index is 13.1. The fourth-order valence-corrected chi connectivity index (χ4v) is 9.55. The molecule has 6 aromatic heterocycles. The number of nitrogens with one attached hydrogen (secondary N) is 1. The zero-order valence-corrected chi connectivity index (χ0v) is 43.3. The third-order valence-corrected chi connectivity index (χ3v) is 14.6. The normalized spacial score (nSPS) is 11.1. The first kappa shape index (κ1) is 53.4. The number of anilines is 3. The molecule has 0 bridgehead atoms. The molecule has 6 heterocycles. The third kappa shape index (κ3) is 13.9. The van der Waals surface area contributed by atoms with Gasteiger partial charge in [0.1, 0.15) is 25.3 Å². The van der Waals surface area contributed by atoms with E-state index in [2.05, 4.69) is 74.0 Å². The summed E-state index contributed by atoms with van der Waals surface area (Å²) in [4.78, 5) is 24.5. The number of rotatable bonds is 8. The average Bonchev–Trinajstić information content (AvgIpc) is 3.77. The molecule has 0 fully saturated rings. The van der Waals surface area contributed by atoms with Crippen molar-refractivity contribution in [2.75, 3.05) is 44.3 Å². The van der Waals surface area contributed by atoms with Crippen LogP contribution in [0.2, 0.25) is 15.7 Å². The number of halogens is 5. The highest BCUT2D eigenvalue weighted by Crippen LogP contribution is 2.42. The van der Waals surface area contributed by atoms with E-state index in [1.165, 1.54) is 6.20 Å². The minimum absolute atomic E-state index is 0. The first-order valence-electron chi connectivity index (χ1n) is 19.6. The van der Waals surface area contributed by atoms with Crippen molar-refractivity contribution in [1.82, 2.24) is 39.0 Å². The molecule has 13 nitrogen and oxygen atoms in total. The van der Waals surface area contributed by atoms with E-state index < -0.39 is 14.3 Å². The predicted molar refractivity (Wildman–Crippen MR) is 281 cm³/mol. The molecule has 65 heavy (non-hydrogen) atoms. The number of aliphatic hydroxyl groups is 1. The lowest BCUT2D eigenvalue weighted by Crippen LogP contribution is -2.11. The van der Waals surface area contributed by atoms with Gasteiger partial charge in [0.25, 0.3) is 0 Å². The first-order chi connectivity index (χ1) is 30.2. The van der Waals surface area contributed by atoms with Crippen LogP contribution in [0, 0.1) is 0 Å². The van der Waals surface area contributed by atoms with Gasteiger partial charge in [0.2, 0.25) is 10.6 Å². The summed E-state index contributed by atoms with van der Waals surface area (Å²) in [6.45, 7) is 9.38. The molecule has 0 unspecified atom stereocenters. The number of nitrogens with two attached hydrogens (primary N) is 1. The Morgan fingerprint density at radius 3 is 1.68 bits per heavy atom. The number of hydrogen-bond donors (Lipinski definition) is 3. The van der Waals surface area contributed by atoms with Crippen LogP contribution in [0.15, 0.2) is 107 Å². The molecular weight excluding hydrogens is 1060 g/mol. The number of benzene rings is 2. The molecule has 344 valence electrons. The molecule has 0 amide bonds. The predicted octanol–water partition coefficient (Wildman–Crippen LogP) is 12.5. The molecule has 0 radical (unpaired) electrons. The molecule has 0 saturated carbocycles. The summed E-state index contributed by atoms with van der Waals surface area (Å²) in [6, 6.07) is 19.5. The smallest absolute Gasteiger partial charge is 0.224 e. The Hall–Kier alpha value is -4.17. The van der Waals surface area contributed by atoms with E-state index in [-0.39, 0.29) is 18.0 Å². The fourth-order valence-electron chi connectivity index (χ4n) is 6.32. The Kier molecular flexibility index (Phi) is 19.3. The summed E-state index contributed by atoms with van der Waals surface area (Å²) < 4.78 is 30.9. The second-order valence-corrected chi connectivity index (χ2v) is 24.2. The van der Waals surface area contributed by atoms with E-state index >= 15 is 0 Å². The number of hydrogen-bond acceptors (Lipinski definition) is 11. The van der Waals surface area contributed by atoms with Gasteiger partial charge >= 0.3 is 0 Å². The van der Waals surface area contributed by atoms with E-state index in [1.807, 2.05) is 96.3 Å². The van der Waals surface area contributed by atoms with Crippen LogP contribution in [-0.4, -0.2) is 77.4 Å². The van der Waals surface area contributed by atoms with Crippen LogP contribution in [-0.2, 0) is 23.2 Å². The highest BCUT2D eigenvalue weighted by atomic mass is 79.9. The second kappa shape index (κ2) is 23.5. The van der Waals surface area contributed by atoms with Crippen LogP contribution >= 0.6 is 80.9 Å². The van der Waals surface area contributed by atoms with Crippen molar-refractivity contribution in [3.8, 4) is 22.3 Å². The summed E-state index contributed by atoms with van der Waals surface area (Å²) in [6.07, 6.45) is 12.8. The monoisotopic (exact) mass is 1100 g/mol. The lowest BCUT2D eigenvalue weighted by Gasteiger charge is -2.17. The summed E-state index contributed by atoms with van der Waals surface area (Å²) in [5.41, 5.74) is 15.2. The van der Waals surface area contributed by atoms with Crippen molar-refractivity contribution in [3.63, 3.8) is 0 Å². The molecule has 2 aromatic carbocycles. The molecule has 8 aromatic rings. The molecular formula is C45H51Br2Cl3N10O3P2. The van der Waals surface area contributed by atoms with Crippen molar-refractivity contribution in [1.29, 1.82) is 0 Å². The molecule has 0 saturated heterocycles. The standard InChI is InChI=1S/C20H18BrClN5OP.C16H18N3OP.C4HBrCl2N2.C4H10O.CH4/c1-27-11-13(18-16(27)5-4-8-23-18)12-6-7-15(17(9-12)29(2,3)28)25-19-14(21)10-24-20(22)26-19;1-19-10-12(16-14(19)5-4-8-18-16)11-6-7-13(17)15(9-11)21(2,3)20;5-2-1-8-4(7)9-3(2)6;1-2-3-4-5;/h4-11H,1-3H3,(H,24,25,26);4-10H,17H2,1-3H3;1H;5H,2-4H2,1H3;1H4. The van der Waals surface area contributed by atoms with E-state index in [1.54, 1.807) is 45.2 Å². The Labute approximate surface area is 411 Å². The van der Waals surface area contributed by atoms with Crippen molar-refractivity contribution in [2.45, 2.75) is 27.2 Å². The van der Waals surface area contributed by atoms with Crippen LogP contribution in [0.1, 0.15) is 27.2 Å². The van der Waals surface area contributed by atoms with E-state index in [9.17, 15) is 9.13 Å². The number of aliphatic hydroxyl groups excluding tert-OH is 1. The molecule has 0 atom stereocenters. The topological polar surface area (TPSA) is 180 Å². The van der Waals surface area contributed by atoms with Gasteiger partial charge in [-0.25, -0.2) is 15.0 Å². The van der Waals surface area contributed by atoms with E-state index in [0.29, 0.717) is 37.9 Å². The lowest BCUT2D eigenvalue weighted by molar-refractivity contribution is 0.287. The fraction of sp³-hybridized carbons (Fsp3) is 0.244. The number of aromatic nitrogens is 8. The molecule has 0 aliphatic heterocycles. The van der Waals surface area contributed by atoms with Crippen LogP contribution < -0.4 is 21.7 Å². The lowest BCUT2D eigenvalue weighted by atomic mass is 10.1. The molecule has 0 aliphatic rings. The zero-order valence-electron chi connectivity index (χ0n) is 36.1. The number of pyridine rings is 2. The number of nitrogen functional groups attached to an aromatic ring is 1. The Morgan fingerprint density at radius 1 is 0.723 bits per heavy atom. The van der Waals surface area contributed by atoms with Crippen LogP contribution in [0.5, 0.6) is 0 Å². The van der Waals surface area contributed by atoms with Gasteiger partial charge in [-0.05, 0) is 148 Å². The van der Waals surface area contributed by atoms with Gasteiger partial charge in [0.05, 0.1) is 36.7 Å². The van der Waals surface area contributed by atoms with Crippen molar-refractivity contribution in [2.24, 2.45) is 14.1 Å². The molecule has 0 aliphatic carbocycles. The SMILES string of the molecule is C.CCCCO.Clc1ncc(Br)c(Cl)n1.Cn1cc(-c2ccc(N)c(P(C)(C)=O)c2)c2ncccc21.Cn1cc(-c2ccc(Nc3nc(Cl)ncc3Br)c(P(C)(C)=O)c2)c2ncccc21. The maximum Gasteiger partial charge on any atom is 0.224 e. The minimum atomic E-state index is -2.60. The Balaban J connectivity index is 0.000000223. The first-order valence-corrected chi connectivity index (χ1v) is 27.5. The quantitative estimate of drug-likeness (QED) is 0.0570. The van der Waals surface area contributed by atoms with E-state index in [0.717, 1.165) is 67.8 Å². The Bertz CT molecular complexity index is 3010. The zero-order chi connectivity index (χ0) is 46.9. The van der Waals surface area contributed by atoms with Gasteiger partial charge in [0.15, 0.2) is 0 Å². The van der Waals surface area contributed by atoms with Crippen molar-refractivity contribution < 1.29 is 14.2 Å². The Morgan fingerprint density at radius 2 is 1.22 bits per heavy atom. The third-order valence-electron chi connectivity index (χ3n) is 9.45. The van der Waals surface area contributed by atoms with Crippen LogP contribution in [0.3, 0.4) is 0 Å². The highest BCUT2D eigenvalue weighted by molar-refractivity contribution is 9.11. The van der Waals surface area contributed by atoms with Gasteiger partial charge in [-0.2, -0.15) is 4.98 Å². The van der Waals surface area contributed by atoms with Gasteiger partial charge < -0.3 is 34.4 Å². The van der Waals surface area contributed by atoms with Gasteiger partial charge in [-0.15, -0.1) is 0 Å². The number of fused-ring (bicyclic) bond motifs is 2. The minimum Gasteiger partial charge on any atom is -0.398 e.